The Morgan fingerprint density at radius 3 is 2.02 bits per heavy atom. The van der Waals surface area contributed by atoms with Crippen molar-refractivity contribution in [3.63, 3.8) is 0 Å². The van der Waals surface area contributed by atoms with Crippen LogP contribution >= 0.6 is 11.6 Å². The lowest BCUT2D eigenvalue weighted by Crippen LogP contribution is -2.66. The number of fused-ring (bicyclic) bond motifs is 1. The van der Waals surface area contributed by atoms with E-state index >= 15 is 0 Å². The summed E-state index contributed by atoms with van der Waals surface area (Å²) >= 11 is 6.34. The molecule has 216 valence electrons. The van der Waals surface area contributed by atoms with Gasteiger partial charge < -0.3 is 4.43 Å². The van der Waals surface area contributed by atoms with E-state index in [1.807, 2.05) is 49.4 Å². The first-order valence-electron chi connectivity index (χ1n) is 14.4. The molecule has 0 N–H and O–H groups in total. The van der Waals surface area contributed by atoms with E-state index < -0.39 is 18.3 Å². The summed E-state index contributed by atoms with van der Waals surface area (Å²) in [6.07, 6.45) is 0.867. The maximum absolute atomic E-state index is 14.1. The molecule has 1 saturated carbocycles. The number of hydrogen-bond donors (Lipinski definition) is 0. The molecule has 0 spiro atoms. The second-order valence-electron chi connectivity index (χ2n) is 12.4. The predicted octanol–water partition coefficient (Wildman–Crippen LogP) is 7.52. The topological polar surface area (TPSA) is 48.3 Å². The van der Waals surface area contributed by atoms with Gasteiger partial charge in [-0.1, -0.05) is 111 Å². The van der Waals surface area contributed by atoms with E-state index in [0.717, 1.165) is 23.1 Å². The van der Waals surface area contributed by atoms with E-state index in [-0.39, 0.29) is 21.8 Å². The molecule has 0 bridgehead atoms. The number of halogens is 1. The van der Waals surface area contributed by atoms with Gasteiger partial charge in [-0.05, 0) is 71.1 Å². The molecule has 0 unspecified atom stereocenters. The van der Waals surface area contributed by atoms with Crippen LogP contribution in [0.25, 0.3) is 10.9 Å². The number of rotatable bonds is 8. The van der Waals surface area contributed by atoms with E-state index in [2.05, 4.69) is 69.3 Å². The van der Waals surface area contributed by atoms with Gasteiger partial charge in [0, 0.05) is 28.6 Å². The van der Waals surface area contributed by atoms with Gasteiger partial charge in [0.05, 0.1) is 10.4 Å². The van der Waals surface area contributed by atoms with Crippen LogP contribution in [0.5, 0.6) is 0 Å². The lowest BCUT2D eigenvalue weighted by molar-refractivity contribution is 0.278. The van der Waals surface area contributed by atoms with Crippen LogP contribution in [0.2, 0.25) is 10.1 Å². The average Bonchev–Trinajstić information content (AvgIpc) is 3.64. The van der Waals surface area contributed by atoms with Crippen molar-refractivity contribution in [1.29, 1.82) is 0 Å². The first-order valence-corrected chi connectivity index (χ1v) is 18.1. The van der Waals surface area contributed by atoms with Crippen molar-refractivity contribution < 1.29 is 12.8 Å². The number of benzene rings is 4. The van der Waals surface area contributed by atoms with Crippen LogP contribution in [0.3, 0.4) is 0 Å². The van der Waals surface area contributed by atoms with Gasteiger partial charge in [0.2, 0.25) is 0 Å². The predicted molar refractivity (Wildman–Crippen MR) is 175 cm³/mol. The minimum Gasteiger partial charge on any atom is -0.407 e. The highest BCUT2D eigenvalue weighted by Gasteiger charge is 2.52. The summed E-state index contributed by atoms with van der Waals surface area (Å²) in [6.45, 7) is 9.35. The Bertz CT molecular complexity index is 1790. The lowest BCUT2D eigenvalue weighted by atomic mass is 10.2. The molecule has 5 aromatic rings. The molecule has 1 aliphatic rings. The van der Waals surface area contributed by atoms with Crippen molar-refractivity contribution >= 4 is 51.2 Å². The van der Waals surface area contributed by atoms with Gasteiger partial charge in [0.25, 0.3) is 18.3 Å². The van der Waals surface area contributed by atoms with E-state index in [1.54, 1.807) is 18.2 Å². The molecule has 1 heterocycles. The van der Waals surface area contributed by atoms with E-state index in [4.69, 9.17) is 16.0 Å². The average molecular weight is 614 g/mol. The molecule has 1 aromatic heterocycles. The van der Waals surface area contributed by atoms with Crippen LogP contribution in [0.15, 0.2) is 114 Å². The van der Waals surface area contributed by atoms with Crippen LogP contribution in [0.1, 0.15) is 44.4 Å². The van der Waals surface area contributed by atoms with Crippen molar-refractivity contribution in [1.82, 2.24) is 3.97 Å². The van der Waals surface area contributed by atoms with Crippen molar-refractivity contribution in [2.45, 2.75) is 50.0 Å². The molecule has 7 heteroatoms. The fourth-order valence-electron chi connectivity index (χ4n) is 6.31. The summed E-state index contributed by atoms with van der Waals surface area (Å²) < 4.78 is 36.9. The largest absolute Gasteiger partial charge is 0.407 e. The zero-order valence-corrected chi connectivity index (χ0v) is 27.0. The Kier molecular flexibility index (Phi) is 7.46. The Morgan fingerprint density at radius 1 is 0.857 bits per heavy atom. The molecule has 2 atom stereocenters. The summed E-state index contributed by atoms with van der Waals surface area (Å²) in [5.41, 5.74) is 2.46. The number of aromatic nitrogens is 1. The van der Waals surface area contributed by atoms with E-state index in [9.17, 15) is 8.42 Å². The molecule has 4 aromatic carbocycles. The summed E-state index contributed by atoms with van der Waals surface area (Å²) in [4.78, 5) is 0.280. The maximum Gasteiger partial charge on any atom is 0.268 e. The second kappa shape index (κ2) is 10.8. The van der Waals surface area contributed by atoms with Crippen molar-refractivity contribution in [2.75, 3.05) is 6.61 Å². The zero-order chi connectivity index (χ0) is 29.7. The minimum absolute atomic E-state index is 0.0645. The monoisotopic (exact) mass is 613 g/mol. The number of aryl methyl sites for hydroxylation is 1. The van der Waals surface area contributed by atoms with E-state index in [0.29, 0.717) is 17.1 Å². The maximum atomic E-state index is 14.1. The molecule has 6 rings (SSSR count). The third-order valence-corrected chi connectivity index (χ3v) is 15.5. The Hall–Kier alpha value is -3.16. The highest BCUT2D eigenvalue weighted by Crippen LogP contribution is 2.51. The SMILES string of the molecule is Cc1ccc(S(=O)(=O)n2c([C@@H]3C[C@H]3CO[Si](c3ccccc3)(c3ccccc3)C(C)(C)C)cc3cc(Cl)ccc32)cc1. The third-order valence-electron chi connectivity index (χ3n) is 8.54. The van der Waals surface area contributed by atoms with Crippen LogP contribution < -0.4 is 10.4 Å². The number of hydrogen-bond acceptors (Lipinski definition) is 3. The molecular weight excluding hydrogens is 578 g/mol. The molecule has 42 heavy (non-hydrogen) atoms. The van der Waals surface area contributed by atoms with E-state index in [1.165, 1.54) is 14.3 Å². The van der Waals surface area contributed by atoms with Gasteiger partial charge in [0.15, 0.2) is 0 Å². The fraction of sp³-hybridized carbons (Fsp3) is 0.257. The quantitative estimate of drug-likeness (QED) is 0.170. The van der Waals surface area contributed by atoms with Crippen LogP contribution in [-0.2, 0) is 14.4 Å². The number of nitrogens with zero attached hydrogens (tertiary/aromatic N) is 1. The molecule has 4 nitrogen and oxygen atoms in total. The van der Waals surface area contributed by atoms with Gasteiger partial charge in [-0.2, -0.15) is 0 Å². The summed E-state index contributed by atoms with van der Waals surface area (Å²) in [5.74, 6) is 0.271. The summed E-state index contributed by atoms with van der Waals surface area (Å²) in [5, 5.41) is 3.77. The molecule has 1 aliphatic carbocycles. The van der Waals surface area contributed by atoms with Crippen LogP contribution in [-0.4, -0.2) is 27.3 Å². The Labute approximate surface area is 255 Å². The molecule has 0 radical (unpaired) electrons. The summed E-state index contributed by atoms with van der Waals surface area (Å²) in [6, 6.07) is 35.7. The normalized spacial score (nSPS) is 17.5. The van der Waals surface area contributed by atoms with Gasteiger partial charge in [-0.3, -0.25) is 0 Å². The highest BCUT2D eigenvalue weighted by molar-refractivity contribution is 7.90. The highest BCUT2D eigenvalue weighted by atomic mass is 35.5. The Morgan fingerprint density at radius 2 is 1.45 bits per heavy atom. The van der Waals surface area contributed by atoms with Crippen LogP contribution in [0.4, 0.5) is 0 Å². The van der Waals surface area contributed by atoms with Crippen molar-refractivity contribution in [3.8, 4) is 0 Å². The zero-order valence-electron chi connectivity index (χ0n) is 24.4. The standard InChI is InChI=1S/C35H36ClNO3SSi/c1-25-15-18-29(19-16-25)41(38,39)37-33-20-17-28(36)21-26(33)23-34(37)32-22-27(32)24-40-42(35(2,3)4,30-11-7-5-8-12-30)31-13-9-6-10-14-31/h5-21,23,27,32H,22,24H2,1-4H3/t27-,32+/m0/s1. The van der Waals surface area contributed by atoms with Crippen molar-refractivity contribution in [3.05, 3.63) is 125 Å². The van der Waals surface area contributed by atoms with Gasteiger partial charge in [-0.15, -0.1) is 0 Å². The molecular formula is C35H36ClNO3SSi. The smallest absolute Gasteiger partial charge is 0.268 e. The third kappa shape index (κ3) is 5.05. The first kappa shape index (κ1) is 28.9. The molecule has 0 amide bonds. The molecule has 0 saturated heterocycles. The first-order chi connectivity index (χ1) is 20.0. The van der Waals surface area contributed by atoms with Gasteiger partial charge in [-0.25, -0.2) is 12.4 Å². The van der Waals surface area contributed by atoms with Gasteiger partial charge >= 0.3 is 0 Å². The lowest BCUT2D eigenvalue weighted by Gasteiger charge is -2.43. The van der Waals surface area contributed by atoms with Crippen LogP contribution in [0, 0.1) is 12.8 Å². The molecule has 1 fully saturated rings. The fourth-order valence-corrected chi connectivity index (χ4v) is 12.7. The summed E-state index contributed by atoms with van der Waals surface area (Å²) in [7, 11) is -6.51. The molecule has 0 aliphatic heterocycles. The Balaban J connectivity index is 1.38. The van der Waals surface area contributed by atoms with Gasteiger partial charge in [0.1, 0.15) is 0 Å². The second-order valence-corrected chi connectivity index (χ2v) is 19.0. The minimum atomic E-state index is -3.82. The van der Waals surface area contributed by atoms with Crippen molar-refractivity contribution in [2.24, 2.45) is 5.92 Å².